The zero-order valence-corrected chi connectivity index (χ0v) is 17.4. The predicted molar refractivity (Wildman–Crippen MR) is 114 cm³/mol. The lowest BCUT2D eigenvalue weighted by Crippen LogP contribution is -2.45. The van der Waals surface area contributed by atoms with Crippen LogP contribution in [0.25, 0.3) is 6.08 Å². The first kappa shape index (κ1) is 20.5. The van der Waals surface area contributed by atoms with E-state index in [-0.39, 0.29) is 29.2 Å². The molecule has 0 spiro atoms. The average Bonchev–Trinajstić information content (AvgIpc) is 2.99. The standard InChI is InChI=1S/C23H28FN3O3/c1-3-15-12-19-17(13-27(15)16-10-8-14(24)9-11-16)22(29)21(26(19)2)23(30)25-18-6-4-5-7-20(18)28/h8-12,18,20,28-29H,3-7,13H2,1-2H3,(H,25,30). The number of aromatic nitrogens is 1. The summed E-state index contributed by atoms with van der Waals surface area (Å²) in [5.74, 6) is -0.728. The van der Waals surface area contributed by atoms with Gasteiger partial charge < -0.3 is 25.0 Å². The number of benzene rings is 1. The Balaban J connectivity index is 1.66. The number of hydrogen-bond acceptors (Lipinski definition) is 4. The van der Waals surface area contributed by atoms with Gasteiger partial charge in [-0.05, 0) is 49.6 Å². The van der Waals surface area contributed by atoms with Crippen molar-refractivity contribution in [1.82, 2.24) is 9.88 Å². The summed E-state index contributed by atoms with van der Waals surface area (Å²) in [6.45, 7) is 2.42. The van der Waals surface area contributed by atoms with Gasteiger partial charge in [0.25, 0.3) is 5.91 Å². The molecule has 2 unspecified atom stereocenters. The highest BCUT2D eigenvalue weighted by Gasteiger charge is 2.32. The average molecular weight is 413 g/mol. The zero-order valence-electron chi connectivity index (χ0n) is 17.4. The van der Waals surface area contributed by atoms with Gasteiger partial charge in [0.2, 0.25) is 0 Å². The van der Waals surface area contributed by atoms with Crippen LogP contribution in [-0.2, 0) is 13.6 Å². The summed E-state index contributed by atoms with van der Waals surface area (Å²) in [6, 6.07) is 5.95. The maximum atomic E-state index is 13.4. The van der Waals surface area contributed by atoms with Crippen LogP contribution in [0.2, 0.25) is 0 Å². The molecule has 6 nitrogen and oxygen atoms in total. The molecule has 4 rings (SSSR count). The molecule has 1 aromatic carbocycles. The smallest absolute Gasteiger partial charge is 0.272 e. The molecule has 2 heterocycles. The maximum Gasteiger partial charge on any atom is 0.272 e. The van der Waals surface area contributed by atoms with Crippen molar-refractivity contribution in [3.05, 3.63) is 52.7 Å². The van der Waals surface area contributed by atoms with Crippen molar-refractivity contribution in [3.8, 4) is 5.75 Å². The maximum absolute atomic E-state index is 13.4. The van der Waals surface area contributed by atoms with Crippen LogP contribution in [-0.4, -0.2) is 32.8 Å². The van der Waals surface area contributed by atoms with Crippen molar-refractivity contribution >= 4 is 17.7 Å². The number of carbonyl (C=O) groups is 1. The summed E-state index contributed by atoms with van der Waals surface area (Å²) in [5.41, 5.74) is 3.50. The van der Waals surface area contributed by atoms with Crippen molar-refractivity contribution in [1.29, 1.82) is 0 Å². The Morgan fingerprint density at radius 3 is 2.60 bits per heavy atom. The Labute approximate surface area is 175 Å². The number of aliphatic hydroxyl groups is 1. The molecule has 2 aromatic rings. The van der Waals surface area contributed by atoms with E-state index in [1.54, 1.807) is 23.7 Å². The molecule has 1 amide bonds. The molecular weight excluding hydrogens is 385 g/mol. The van der Waals surface area contributed by atoms with E-state index in [9.17, 15) is 19.4 Å². The minimum absolute atomic E-state index is 0.0474. The van der Waals surface area contributed by atoms with E-state index in [2.05, 4.69) is 5.32 Å². The fourth-order valence-corrected chi connectivity index (χ4v) is 4.53. The number of anilines is 1. The highest BCUT2D eigenvalue weighted by Crippen LogP contribution is 2.38. The Kier molecular flexibility index (Phi) is 5.56. The van der Waals surface area contributed by atoms with Crippen LogP contribution in [0.3, 0.4) is 0 Å². The van der Waals surface area contributed by atoms with E-state index in [4.69, 9.17) is 0 Å². The molecule has 7 heteroatoms. The molecular formula is C23H28FN3O3. The number of halogens is 1. The van der Waals surface area contributed by atoms with Crippen LogP contribution < -0.4 is 10.2 Å². The van der Waals surface area contributed by atoms with Gasteiger partial charge in [-0.3, -0.25) is 4.79 Å². The van der Waals surface area contributed by atoms with Crippen LogP contribution in [0.4, 0.5) is 10.1 Å². The lowest BCUT2D eigenvalue weighted by atomic mass is 9.92. The van der Waals surface area contributed by atoms with Gasteiger partial charge in [0, 0.05) is 24.0 Å². The highest BCUT2D eigenvalue weighted by atomic mass is 19.1. The van der Waals surface area contributed by atoms with Crippen LogP contribution in [0.5, 0.6) is 5.75 Å². The quantitative estimate of drug-likeness (QED) is 0.715. The van der Waals surface area contributed by atoms with Crippen molar-refractivity contribution in [3.63, 3.8) is 0 Å². The predicted octanol–water partition coefficient (Wildman–Crippen LogP) is 3.67. The SMILES string of the molecule is CCC1=Cc2c(c(O)c(C(=O)NC3CCCCC3O)n2C)CN1c1ccc(F)cc1. The molecule has 1 aromatic heterocycles. The summed E-state index contributed by atoms with van der Waals surface area (Å²) in [6.07, 6.45) is 5.49. The summed E-state index contributed by atoms with van der Waals surface area (Å²) in [7, 11) is 1.77. The summed E-state index contributed by atoms with van der Waals surface area (Å²) in [5, 5.41) is 24.0. The van der Waals surface area contributed by atoms with Crippen LogP contribution in [0.1, 0.15) is 60.8 Å². The molecule has 3 N–H and O–H groups in total. The minimum atomic E-state index is -0.555. The topological polar surface area (TPSA) is 77.7 Å². The summed E-state index contributed by atoms with van der Waals surface area (Å²) >= 11 is 0. The molecule has 0 saturated heterocycles. The second-order valence-corrected chi connectivity index (χ2v) is 8.10. The molecule has 1 aliphatic heterocycles. The van der Waals surface area contributed by atoms with Crippen molar-refractivity contribution < 1.29 is 19.4 Å². The van der Waals surface area contributed by atoms with E-state index < -0.39 is 6.10 Å². The van der Waals surface area contributed by atoms with E-state index in [0.717, 1.165) is 42.8 Å². The lowest BCUT2D eigenvalue weighted by Gasteiger charge is -2.30. The Morgan fingerprint density at radius 1 is 1.23 bits per heavy atom. The molecule has 2 atom stereocenters. The number of allylic oxidation sites excluding steroid dienone is 1. The number of aromatic hydroxyl groups is 1. The number of aliphatic hydroxyl groups excluding tert-OH is 1. The minimum Gasteiger partial charge on any atom is -0.505 e. The first-order chi connectivity index (χ1) is 14.4. The highest BCUT2D eigenvalue weighted by molar-refractivity contribution is 5.97. The van der Waals surface area contributed by atoms with Gasteiger partial charge in [-0.1, -0.05) is 19.8 Å². The van der Waals surface area contributed by atoms with E-state index in [0.29, 0.717) is 18.5 Å². The number of nitrogens with zero attached hydrogens (tertiary/aromatic N) is 2. The van der Waals surface area contributed by atoms with E-state index in [1.165, 1.54) is 12.1 Å². The Bertz CT molecular complexity index is 981. The first-order valence-corrected chi connectivity index (χ1v) is 10.5. The fraction of sp³-hybridized carbons (Fsp3) is 0.435. The Hall–Kier alpha value is -2.80. The van der Waals surface area contributed by atoms with Gasteiger partial charge in [-0.15, -0.1) is 0 Å². The van der Waals surface area contributed by atoms with Crippen LogP contribution in [0, 0.1) is 5.82 Å². The molecule has 1 aliphatic carbocycles. The van der Waals surface area contributed by atoms with Gasteiger partial charge in [-0.2, -0.15) is 0 Å². The second kappa shape index (κ2) is 8.14. The molecule has 0 bridgehead atoms. The Morgan fingerprint density at radius 2 is 1.93 bits per heavy atom. The van der Waals surface area contributed by atoms with Crippen LogP contribution in [0.15, 0.2) is 30.0 Å². The molecule has 0 radical (unpaired) electrons. The normalized spacial score (nSPS) is 21.2. The first-order valence-electron chi connectivity index (χ1n) is 10.5. The fourth-order valence-electron chi connectivity index (χ4n) is 4.53. The third-order valence-electron chi connectivity index (χ3n) is 6.24. The monoisotopic (exact) mass is 413 g/mol. The molecule has 2 aliphatic rings. The zero-order chi connectivity index (χ0) is 21.4. The van der Waals surface area contributed by atoms with Crippen molar-refractivity contribution in [2.75, 3.05) is 4.90 Å². The molecule has 160 valence electrons. The van der Waals surface area contributed by atoms with Gasteiger partial charge in [0.15, 0.2) is 5.75 Å². The number of rotatable bonds is 4. The number of nitrogens with one attached hydrogen (secondary N) is 1. The number of fused-ring (bicyclic) bond motifs is 1. The third-order valence-corrected chi connectivity index (χ3v) is 6.24. The third kappa shape index (κ3) is 3.58. The lowest BCUT2D eigenvalue weighted by molar-refractivity contribution is 0.0709. The van der Waals surface area contributed by atoms with Gasteiger partial charge in [0.1, 0.15) is 11.5 Å². The van der Waals surface area contributed by atoms with Crippen molar-refractivity contribution in [2.45, 2.75) is 57.7 Å². The van der Waals surface area contributed by atoms with Gasteiger partial charge in [0.05, 0.1) is 24.4 Å². The largest absolute Gasteiger partial charge is 0.505 e. The van der Waals surface area contributed by atoms with Gasteiger partial charge >= 0.3 is 0 Å². The molecule has 1 fully saturated rings. The van der Waals surface area contributed by atoms with Gasteiger partial charge in [-0.25, -0.2) is 4.39 Å². The summed E-state index contributed by atoms with van der Waals surface area (Å²) in [4.78, 5) is 15.0. The summed E-state index contributed by atoms with van der Waals surface area (Å²) < 4.78 is 15.1. The van der Waals surface area contributed by atoms with E-state index >= 15 is 0 Å². The van der Waals surface area contributed by atoms with Crippen molar-refractivity contribution in [2.24, 2.45) is 7.05 Å². The number of carbonyl (C=O) groups excluding carboxylic acids is 1. The number of hydrogen-bond donors (Lipinski definition) is 3. The molecule has 30 heavy (non-hydrogen) atoms. The molecule has 1 saturated carbocycles. The second-order valence-electron chi connectivity index (χ2n) is 8.10. The van der Waals surface area contributed by atoms with Crippen LogP contribution >= 0.6 is 0 Å². The van der Waals surface area contributed by atoms with E-state index in [1.807, 2.05) is 17.9 Å². The number of amides is 1.